The number of aromatic hydroxyl groups is 1. The summed E-state index contributed by atoms with van der Waals surface area (Å²) in [7, 11) is -3.51. The van der Waals surface area contributed by atoms with E-state index in [1.807, 2.05) is 29.7 Å². The van der Waals surface area contributed by atoms with Gasteiger partial charge in [0.05, 0.1) is 29.5 Å². The van der Waals surface area contributed by atoms with Crippen molar-refractivity contribution in [2.45, 2.75) is 18.4 Å². The van der Waals surface area contributed by atoms with Gasteiger partial charge in [0.15, 0.2) is 11.5 Å². The molecule has 0 bridgehead atoms. The zero-order valence-corrected chi connectivity index (χ0v) is 19.5. The Balaban J connectivity index is 1.35. The summed E-state index contributed by atoms with van der Waals surface area (Å²) in [4.78, 5) is 9.43. The van der Waals surface area contributed by atoms with E-state index < -0.39 is 10.0 Å². The fourth-order valence-corrected chi connectivity index (χ4v) is 5.49. The number of aromatic nitrogens is 3. The number of aryl methyl sites for hydroxylation is 1. The first kappa shape index (κ1) is 22.3. The van der Waals surface area contributed by atoms with Crippen molar-refractivity contribution in [1.29, 1.82) is 0 Å². The molecule has 2 N–H and O–H groups in total. The molecule has 4 aromatic rings. The smallest absolute Gasteiger partial charge is 0.243 e. The molecule has 1 saturated heterocycles. The predicted molar refractivity (Wildman–Crippen MR) is 128 cm³/mol. The van der Waals surface area contributed by atoms with Crippen molar-refractivity contribution < 1.29 is 18.3 Å². The summed E-state index contributed by atoms with van der Waals surface area (Å²) in [5.41, 5.74) is 4.33. The number of fused-ring (bicyclic) bond motifs is 1. The number of phenolic OH excluding ortho intramolecular Hbond substituents is 1. The van der Waals surface area contributed by atoms with E-state index in [2.05, 4.69) is 10.3 Å². The normalized spacial score (nSPS) is 15.0. The van der Waals surface area contributed by atoms with Gasteiger partial charge in [-0.15, -0.1) is 0 Å². The van der Waals surface area contributed by atoms with E-state index in [4.69, 9.17) is 9.72 Å². The number of phenols is 1. The van der Waals surface area contributed by atoms with Gasteiger partial charge in [-0.05, 0) is 48.9 Å². The number of imidazole rings is 1. The zero-order chi connectivity index (χ0) is 23.7. The SMILES string of the molecule is Cc1nc2c(NCc3ccc(S(=O)(=O)N4CCOCC4)cc3)nccn2c1-c1ccc(O)cc1. The fourth-order valence-electron chi connectivity index (χ4n) is 4.08. The number of ether oxygens (including phenoxy) is 1. The molecule has 1 aliphatic heterocycles. The third-order valence-electron chi connectivity index (χ3n) is 5.85. The molecule has 34 heavy (non-hydrogen) atoms. The number of hydrogen-bond donors (Lipinski definition) is 2. The van der Waals surface area contributed by atoms with E-state index in [-0.39, 0.29) is 10.6 Å². The van der Waals surface area contributed by atoms with Crippen molar-refractivity contribution in [1.82, 2.24) is 18.7 Å². The summed E-state index contributed by atoms with van der Waals surface area (Å²) in [6.07, 6.45) is 3.56. The van der Waals surface area contributed by atoms with E-state index in [0.717, 1.165) is 22.5 Å². The Hall–Kier alpha value is -3.47. The molecule has 2 aromatic carbocycles. The summed E-state index contributed by atoms with van der Waals surface area (Å²) >= 11 is 0. The summed E-state index contributed by atoms with van der Waals surface area (Å²) < 4.78 is 34.3. The van der Waals surface area contributed by atoms with Crippen molar-refractivity contribution in [3.05, 3.63) is 72.2 Å². The first-order valence-electron chi connectivity index (χ1n) is 11.0. The number of nitrogens with zero attached hydrogens (tertiary/aromatic N) is 4. The molecule has 1 fully saturated rings. The number of nitrogens with one attached hydrogen (secondary N) is 1. The number of anilines is 1. The molecule has 0 saturated carbocycles. The maximum absolute atomic E-state index is 12.8. The minimum Gasteiger partial charge on any atom is -0.508 e. The van der Waals surface area contributed by atoms with Crippen molar-refractivity contribution in [3.8, 4) is 17.0 Å². The molecule has 10 heteroatoms. The second-order valence-corrected chi connectivity index (χ2v) is 10.0. The third-order valence-corrected chi connectivity index (χ3v) is 7.76. The first-order valence-corrected chi connectivity index (χ1v) is 12.4. The zero-order valence-electron chi connectivity index (χ0n) is 18.7. The minimum absolute atomic E-state index is 0.211. The topological polar surface area (TPSA) is 109 Å². The largest absolute Gasteiger partial charge is 0.508 e. The van der Waals surface area contributed by atoms with Crippen LogP contribution in [0, 0.1) is 6.92 Å². The molecule has 5 rings (SSSR count). The van der Waals surface area contributed by atoms with Gasteiger partial charge in [0.1, 0.15) is 5.75 Å². The molecule has 0 amide bonds. The molecule has 2 aromatic heterocycles. The van der Waals surface area contributed by atoms with Crippen LogP contribution in [0.15, 0.2) is 65.8 Å². The van der Waals surface area contributed by atoms with Crippen LogP contribution in [-0.4, -0.2) is 58.5 Å². The molecule has 0 unspecified atom stereocenters. The van der Waals surface area contributed by atoms with Gasteiger partial charge in [0.2, 0.25) is 10.0 Å². The molecular weight excluding hydrogens is 454 g/mol. The Morgan fingerprint density at radius 3 is 2.47 bits per heavy atom. The Labute approximate surface area is 197 Å². The lowest BCUT2D eigenvalue weighted by Crippen LogP contribution is -2.40. The molecule has 0 radical (unpaired) electrons. The average molecular weight is 480 g/mol. The lowest BCUT2D eigenvalue weighted by atomic mass is 10.1. The molecular formula is C24H25N5O4S. The number of rotatable bonds is 6. The maximum Gasteiger partial charge on any atom is 0.243 e. The molecule has 0 aliphatic carbocycles. The lowest BCUT2D eigenvalue weighted by Gasteiger charge is -2.26. The van der Waals surface area contributed by atoms with Gasteiger partial charge < -0.3 is 15.2 Å². The minimum atomic E-state index is -3.51. The van der Waals surface area contributed by atoms with Crippen LogP contribution in [0.4, 0.5) is 5.82 Å². The molecule has 9 nitrogen and oxygen atoms in total. The van der Waals surface area contributed by atoms with Crippen LogP contribution < -0.4 is 5.32 Å². The van der Waals surface area contributed by atoms with Crippen molar-refractivity contribution in [2.75, 3.05) is 31.6 Å². The average Bonchev–Trinajstić information content (AvgIpc) is 3.20. The van der Waals surface area contributed by atoms with Crippen molar-refractivity contribution in [3.63, 3.8) is 0 Å². The highest BCUT2D eigenvalue weighted by molar-refractivity contribution is 7.89. The van der Waals surface area contributed by atoms with Crippen LogP contribution in [0.25, 0.3) is 16.9 Å². The van der Waals surface area contributed by atoms with Gasteiger partial charge in [0, 0.05) is 37.6 Å². The Morgan fingerprint density at radius 1 is 1.06 bits per heavy atom. The fraction of sp³-hybridized carbons (Fsp3) is 0.250. The standard InChI is InChI=1S/C24H25N5O4S/c1-17-22(19-4-6-20(30)7-5-19)29-11-10-25-23(24(29)27-17)26-16-18-2-8-21(9-3-18)34(31,32)28-12-14-33-15-13-28/h2-11,30H,12-16H2,1H3,(H,25,26). The van der Waals surface area contributed by atoms with Gasteiger partial charge in [-0.25, -0.2) is 18.4 Å². The van der Waals surface area contributed by atoms with E-state index in [0.29, 0.717) is 44.3 Å². The summed E-state index contributed by atoms with van der Waals surface area (Å²) in [5.74, 6) is 0.837. The third kappa shape index (κ3) is 4.23. The van der Waals surface area contributed by atoms with E-state index in [9.17, 15) is 13.5 Å². The van der Waals surface area contributed by atoms with Crippen LogP contribution >= 0.6 is 0 Å². The van der Waals surface area contributed by atoms with Crippen LogP contribution in [0.3, 0.4) is 0 Å². The molecule has 3 heterocycles. The summed E-state index contributed by atoms with van der Waals surface area (Å²) in [6, 6.07) is 13.9. The molecule has 0 spiro atoms. The van der Waals surface area contributed by atoms with Crippen LogP contribution in [0.2, 0.25) is 0 Å². The second kappa shape index (κ2) is 9.05. The van der Waals surface area contributed by atoms with E-state index >= 15 is 0 Å². The summed E-state index contributed by atoms with van der Waals surface area (Å²) in [5, 5.41) is 12.9. The Bertz CT molecular complexity index is 1410. The highest BCUT2D eigenvalue weighted by Crippen LogP contribution is 2.28. The molecule has 1 aliphatic rings. The number of morpholine rings is 1. The number of benzene rings is 2. The van der Waals surface area contributed by atoms with Gasteiger partial charge in [0.25, 0.3) is 0 Å². The Kier molecular flexibility index (Phi) is 5.94. The number of hydrogen-bond acceptors (Lipinski definition) is 7. The van der Waals surface area contributed by atoms with Gasteiger partial charge >= 0.3 is 0 Å². The van der Waals surface area contributed by atoms with E-state index in [1.165, 1.54) is 4.31 Å². The number of sulfonamides is 1. The van der Waals surface area contributed by atoms with E-state index in [1.54, 1.807) is 42.6 Å². The van der Waals surface area contributed by atoms with Crippen molar-refractivity contribution >= 4 is 21.5 Å². The predicted octanol–water partition coefficient (Wildman–Crippen LogP) is 3.04. The lowest BCUT2D eigenvalue weighted by molar-refractivity contribution is 0.0730. The highest BCUT2D eigenvalue weighted by atomic mass is 32.2. The van der Waals surface area contributed by atoms with Gasteiger partial charge in [-0.1, -0.05) is 12.1 Å². The maximum atomic E-state index is 12.8. The van der Waals surface area contributed by atoms with Crippen LogP contribution in [0.5, 0.6) is 5.75 Å². The first-order chi connectivity index (χ1) is 16.4. The van der Waals surface area contributed by atoms with Crippen LogP contribution in [-0.2, 0) is 21.3 Å². The molecule has 176 valence electrons. The second-order valence-electron chi connectivity index (χ2n) is 8.08. The highest BCUT2D eigenvalue weighted by Gasteiger charge is 2.26. The monoisotopic (exact) mass is 479 g/mol. The molecule has 0 atom stereocenters. The van der Waals surface area contributed by atoms with Crippen molar-refractivity contribution in [2.24, 2.45) is 0 Å². The van der Waals surface area contributed by atoms with Gasteiger partial charge in [-0.3, -0.25) is 4.40 Å². The van der Waals surface area contributed by atoms with Gasteiger partial charge in [-0.2, -0.15) is 4.31 Å². The van der Waals surface area contributed by atoms with Crippen LogP contribution in [0.1, 0.15) is 11.3 Å². The quantitative estimate of drug-likeness (QED) is 0.437. The summed E-state index contributed by atoms with van der Waals surface area (Å²) in [6.45, 7) is 3.98. The Morgan fingerprint density at radius 2 is 1.76 bits per heavy atom.